The summed E-state index contributed by atoms with van der Waals surface area (Å²) in [6.07, 6.45) is 13.0. The maximum atomic E-state index is 10.4. The second kappa shape index (κ2) is 8.84. The first kappa shape index (κ1) is 26.6. The third-order valence-electron chi connectivity index (χ3n) is 11.8. The largest absolute Gasteiger partial charge is 0.394 e. The van der Waals surface area contributed by atoms with Crippen LogP contribution in [0.4, 0.5) is 5.82 Å². The van der Waals surface area contributed by atoms with Crippen LogP contribution in [0.3, 0.4) is 0 Å². The monoisotopic (exact) mass is 549 g/mol. The molecule has 0 bridgehead atoms. The second-order valence-corrected chi connectivity index (χ2v) is 14.0. The van der Waals surface area contributed by atoms with Crippen molar-refractivity contribution in [3.63, 3.8) is 0 Å². The Kier molecular flexibility index (Phi) is 5.87. The minimum absolute atomic E-state index is 0.360. The number of nitrogens with zero attached hydrogens (tertiary/aromatic N) is 4. The molecule has 0 aromatic carbocycles. The van der Waals surface area contributed by atoms with Crippen molar-refractivity contribution in [2.75, 3.05) is 18.5 Å². The molecule has 2 aromatic heterocycles. The number of rotatable bonds is 8. The summed E-state index contributed by atoms with van der Waals surface area (Å²) in [5, 5.41) is 33.4. The number of anilines is 1. The molecule has 0 amide bonds. The number of allylic oxidation sites excluding steroid dienone is 3. The van der Waals surface area contributed by atoms with Crippen LogP contribution in [0.15, 0.2) is 36.0 Å². The predicted octanol–water partition coefficient (Wildman–Crippen LogP) is 4.13. The molecular formula is C31H43N5O4. The van der Waals surface area contributed by atoms with Crippen LogP contribution in [0.2, 0.25) is 0 Å². The average Bonchev–Trinajstić information content (AvgIpc) is 3.16. The zero-order chi connectivity index (χ0) is 28.1. The van der Waals surface area contributed by atoms with Crippen molar-refractivity contribution < 1.29 is 20.1 Å². The van der Waals surface area contributed by atoms with Crippen LogP contribution in [-0.2, 0) is 4.74 Å². The van der Waals surface area contributed by atoms with Gasteiger partial charge in [0.15, 0.2) is 23.2 Å². The highest BCUT2D eigenvalue weighted by Crippen LogP contribution is 2.96. The number of nitrogens with one attached hydrogen (secondary N) is 1. The number of fused-ring (bicyclic) bond motifs is 1. The summed E-state index contributed by atoms with van der Waals surface area (Å²) < 4.78 is 7.26. The minimum Gasteiger partial charge on any atom is -0.394 e. The molecule has 9 nitrogen and oxygen atoms in total. The van der Waals surface area contributed by atoms with Gasteiger partial charge in [0, 0.05) is 12.0 Å². The molecule has 4 aliphatic carbocycles. The summed E-state index contributed by atoms with van der Waals surface area (Å²) in [6, 6.07) is 0. The van der Waals surface area contributed by atoms with Crippen molar-refractivity contribution >= 4 is 17.0 Å². The van der Waals surface area contributed by atoms with Crippen molar-refractivity contribution in [1.82, 2.24) is 19.5 Å². The molecule has 4 fully saturated rings. The van der Waals surface area contributed by atoms with Gasteiger partial charge in [0.1, 0.15) is 24.6 Å². The molecule has 3 saturated carbocycles. The molecule has 2 aromatic rings. The van der Waals surface area contributed by atoms with Crippen molar-refractivity contribution in [3.05, 3.63) is 36.0 Å². The molecule has 5 aliphatic rings. The quantitative estimate of drug-likeness (QED) is 0.362. The lowest BCUT2D eigenvalue weighted by Gasteiger charge is -2.66. The second-order valence-electron chi connectivity index (χ2n) is 14.0. The number of ether oxygens (including phenoxy) is 1. The van der Waals surface area contributed by atoms with Crippen molar-refractivity contribution in [1.29, 1.82) is 0 Å². The Morgan fingerprint density at radius 1 is 1.18 bits per heavy atom. The van der Waals surface area contributed by atoms with Crippen LogP contribution in [-0.4, -0.2) is 66.3 Å². The Hall–Kier alpha value is -2.33. The Balaban J connectivity index is 1.02. The first-order chi connectivity index (χ1) is 19.1. The number of imidazole rings is 1. The molecule has 0 radical (unpaired) electrons. The molecule has 216 valence electrons. The number of aromatic nitrogens is 4. The fourth-order valence-electron chi connectivity index (χ4n) is 9.57. The van der Waals surface area contributed by atoms with Gasteiger partial charge in [0.05, 0.1) is 12.9 Å². The van der Waals surface area contributed by atoms with Crippen LogP contribution in [0, 0.1) is 27.6 Å². The molecule has 9 heteroatoms. The number of aliphatic hydroxyl groups is 3. The molecule has 1 saturated heterocycles. The lowest BCUT2D eigenvalue weighted by Crippen LogP contribution is -2.58. The van der Waals surface area contributed by atoms with E-state index in [0.29, 0.717) is 45.2 Å². The number of hydrogen-bond acceptors (Lipinski definition) is 8. The van der Waals surface area contributed by atoms with E-state index < -0.39 is 24.5 Å². The molecule has 1 aliphatic heterocycles. The van der Waals surface area contributed by atoms with Crippen LogP contribution >= 0.6 is 0 Å². The van der Waals surface area contributed by atoms with E-state index >= 15 is 0 Å². The Morgan fingerprint density at radius 3 is 2.77 bits per heavy atom. The topological polar surface area (TPSA) is 126 Å². The summed E-state index contributed by atoms with van der Waals surface area (Å²) >= 11 is 0. The van der Waals surface area contributed by atoms with Crippen LogP contribution < -0.4 is 5.32 Å². The van der Waals surface area contributed by atoms with E-state index in [1.807, 2.05) is 5.57 Å². The van der Waals surface area contributed by atoms with E-state index in [2.05, 4.69) is 60.1 Å². The van der Waals surface area contributed by atoms with Gasteiger partial charge in [-0.3, -0.25) is 4.57 Å². The zero-order valence-electron chi connectivity index (χ0n) is 24.1. The van der Waals surface area contributed by atoms with Gasteiger partial charge in [0.2, 0.25) is 0 Å². The number of hydrogen-bond donors (Lipinski definition) is 4. The van der Waals surface area contributed by atoms with E-state index in [9.17, 15) is 15.3 Å². The standard InChI is InChI=1S/C31H43N5O4/c1-18(7-9-30-14-29-11-10-28(3,4)21(6-5-19(30)2)31(29,30)15-29)8-12-32-25-22-26(34-16-33-25)36(17-35-22)27-24(39)23(38)20(13-37)40-27/h6,8,16-17,19-20,23-24,27,37-39H,5,7,9-15H2,1-4H3,(H,32,33,34)/b18-8+/t19-,20+,23?,24-,27+,29+,30-,31-/m0/s1. The van der Waals surface area contributed by atoms with Gasteiger partial charge in [-0.25, -0.2) is 15.0 Å². The van der Waals surface area contributed by atoms with Crippen molar-refractivity contribution in [3.8, 4) is 0 Å². The summed E-state index contributed by atoms with van der Waals surface area (Å²) in [5.74, 6) is 1.37. The van der Waals surface area contributed by atoms with Gasteiger partial charge < -0.3 is 25.4 Å². The lowest BCUT2D eigenvalue weighted by atomic mass is 9.38. The third kappa shape index (κ3) is 3.38. The van der Waals surface area contributed by atoms with Gasteiger partial charge in [-0.1, -0.05) is 44.1 Å². The summed E-state index contributed by atoms with van der Waals surface area (Å²) in [7, 11) is 0. The van der Waals surface area contributed by atoms with Gasteiger partial charge in [-0.15, -0.1) is 0 Å². The van der Waals surface area contributed by atoms with Gasteiger partial charge in [0.25, 0.3) is 0 Å². The molecule has 4 N–H and O–H groups in total. The molecule has 1 spiro atoms. The molecule has 40 heavy (non-hydrogen) atoms. The maximum absolute atomic E-state index is 10.4. The Labute approximate surface area is 235 Å². The van der Waals surface area contributed by atoms with E-state index in [1.165, 1.54) is 56.8 Å². The highest BCUT2D eigenvalue weighted by Gasteiger charge is 2.88. The smallest absolute Gasteiger partial charge is 0.167 e. The fraction of sp³-hybridized carbons (Fsp3) is 0.710. The minimum atomic E-state index is -1.19. The van der Waals surface area contributed by atoms with Gasteiger partial charge in [-0.2, -0.15) is 0 Å². The summed E-state index contributed by atoms with van der Waals surface area (Å²) in [4.78, 5) is 13.2. The van der Waals surface area contributed by atoms with Crippen LogP contribution in [0.25, 0.3) is 11.2 Å². The zero-order valence-corrected chi connectivity index (χ0v) is 24.1. The normalized spacial score (nSPS) is 41.2. The first-order valence-electron chi connectivity index (χ1n) is 15.0. The van der Waals surface area contributed by atoms with E-state index in [0.717, 1.165) is 12.3 Å². The summed E-state index contributed by atoms with van der Waals surface area (Å²) in [5.41, 5.74) is 6.22. The van der Waals surface area contributed by atoms with E-state index in [-0.39, 0.29) is 6.61 Å². The molecule has 3 heterocycles. The predicted molar refractivity (Wildman–Crippen MR) is 151 cm³/mol. The lowest BCUT2D eigenvalue weighted by molar-refractivity contribution is -0.110. The average molecular weight is 550 g/mol. The highest BCUT2D eigenvalue weighted by molar-refractivity contribution is 5.82. The maximum Gasteiger partial charge on any atom is 0.167 e. The highest BCUT2D eigenvalue weighted by atomic mass is 16.6. The third-order valence-corrected chi connectivity index (χ3v) is 11.8. The molecule has 7 rings (SSSR count). The first-order valence-corrected chi connectivity index (χ1v) is 15.0. The fourth-order valence-corrected chi connectivity index (χ4v) is 9.57. The SMILES string of the molecule is C/C(=C\CNc1ncnc2c1ncn2[C@@H]1O[C@H](CO)C(O)[C@@H]1O)CC[C@]12C[C@@]34CCC(C)(C)C(=CC[C@@H]1C)[C@@]32C4. The van der Waals surface area contributed by atoms with Crippen LogP contribution in [0.1, 0.15) is 78.9 Å². The molecule has 1 unspecified atom stereocenters. The Morgan fingerprint density at radius 2 is 2.00 bits per heavy atom. The number of aliphatic hydroxyl groups excluding tert-OH is 3. The van der Waals surface area contributed by atoms with E-state index in [1.54, 1.807) is 4.57 Å². The van der Waals surface area contributed by atoms with Gasteiger partial charge in [-0.05, 0) is 74.0 Å². The van der Waals surface area contributed by atoms with Gasteiger partial charge >= 0.3 is 0 Å². The van der Waals surface area contributed by atoms with E-state index in [4.69, 9.17) is 4.74 Å². The van der Waals surface area contributed by atoms with Crippen molar-refractivity contribution in [2.45, 2.75) is 97.2 Å². The molecular weight excluding hydrogens is 506 g/mol. The Bertz CT molecular complexity index is 1400. The summed E-state index contributed by atoms with van der Waals surface area (Å²) in [6.45, 7) is 9.97. The molecule has 8 atom stereocenters. The van der Waals surface area contributed by atoms with Crippen molar-refractivity contribution in [2.24, 2.45) is 27.6 Å². The van der Waals surface area contributed by atoms with Crippen LogP contribution in [0.5, 0.6) is 0 Å².